The zero-order valence-corrected chi connectivity index (χ0v) is 11.8. The van der Waals surface area contributed by atoms with E-state index in [0.717, 1.165) is 31.9 Å². The van der Waals surface area contributed by atoms with Gasteiger partial charge in [-0.15, -0.1) is 0 Å². The largest absolute Gasteiger partial charge is 0.325 e. The van der Waals surface area contributed by atoms with Crippen molar-refractivity contribution in [2.24, 2.45) is 0 Å². The first-order valence-corrected chi connectivity index (χ1v) is 6.74. The number of halogens is 1. The summed E-state index contributed by atoms with van der Waals surface area (Å²) in [5.41, 5.74) is 3.86. The average molecular weight is 283 g/mol. The van der Waals surface area contributed by atoms with Gasteiger partial charge in [0.15, 0.2) is 0 Å². The minimum absolute atomic E-state index is 0.0683. The number of hydrogen-bond acceptors (Lipinski definition) is 4. The van der Waals surface area contributed by atoms with Crippen molar-refractivity contribution in [2.45, 2.75) is 0 Å². The Morgan fingerprint density at radius 1 is 1.32 bits per heavy atom. The molecule has 5 nitrogen and oxygen atoms in total. The third kappa shape index (κ3) is 4.80. The highest BCUT2D eigenvalue weighted by atomic mass is 35.5. The minimum atomic E-state index is -0.0683. The lowest BCUT2D eigenvalue weighted by molar-refractivity contribution is -0.116. The number of amides is 1. The molecule has 1 fully saturated rings. The maximum Gasteiger partial charge on any atom is 0.239 e. The normalized spacial score (nSPS) is 17.4. The summed E-state index contributed by atoms with van der Waals surface area (Å²) < 4.78 is 0. The molecule has 1 aliphatic heterocycles. The van der Waals surface area contributed by atoms with Crippen molar-refractivity contribution in [1.82, 2.24) is 15.3 Å². The van der Waals surface area contributed by atoms with Crippen LogP contribution in [0.3, 0.4) is 0 Å². The monoisotopic (exact) mass is 282 g/mol. The molecule has 1 saturated heterocycles. The fraction of sp³-hybridized carbons (Fsp3) is 0.462. The van der Waals surface area contributed by atoms with E-state index in [9.17, 15) is 4.79 Å². The van der Waals surface area contributed by atoms with E-state index < -0.39 is 0 Å². The Labute approximate surface area is 118 Å². The Kier molecular flexibility index (Phi) is 5.15. The highest BCUT2D eigenvalue weighted by molar-refractivity contribution is 6.30. The highest BCUT2D eigenvalue weighted by Crippen LogP contribution is 2.14. The number of benzene rings is 1. The van der Waals surface area contributed by atoms with Crippen molar-refractivity contribution in [1.29, 1.82) is 0 Å². The van der Waals surface area contributed by atoms with E-state index in [4.69, 9.17) is 11.6 Å². The Hall–Kier alpha value is -1.14. The summed E-state index contributed by atoms with van der Waals surface area (Å²) in [5, 5.41) is 5.50. The topological polar surface area (TPSA) is 47.6 Å². The Bertz CT molecular complexity index is 432. The first-order chi connectivity index (χ1) is 9.13. The predicted molar refractivity (Wildman–Crippen MR) is 77.2 cm³/mol. The number of hydrazine groups is 1. The standard InChI is InChI=1S/C13H19ClN4O/c1-17-5-7-18(8-6-17)15-10-13(19)16-12-4-2-3-11(14)9-12/h2-4,9,15H,5-8,10H2,1H3,(H,16,19). The fourth-order valence-electron chi connectivity index (χ4n) is 1.92. The number of nitrogens with one attached hydrogen (secondary N) is 2. The van der Waals surface area contributed by atoms with Gasteiger partial charge >= 0.3 is 0 Å². The van der Waals surface area contributed by atoms with Crippen LogP contribution in [0.4, 0.5) is 5.69 Å². The zero-order chi connectivity index (χ0) is 13.7. The van der Waals surface area contributed by atoms with Gasteiger partial charge in [-0.25, -0.2) is 10.4 Å². The number of nitrogens with zero attached hydrogens (tertiary/aromatic N) is 2. The summed E-state index contributed by atoms with van der Waals surface area (Å²) in [5.74, 6) is -0.0683. The molecule has 0 bridgehead atoms. The van der Waals surface area contributed by atoms with Crippen molar-refractivity contribution in [3.05, 3.63) is 29.3 Å². The highest BCUT2D eigenvalue weighted by Gasteiger charge is 2.14. The third-order valence-electron chi connectivity index (χ3n) is 3.07. The van der Waals surface area contributed by atoms with Crippen molar-refractivity contribution in [2.75, 3.05) is 45.1 Å². The lowest BCUT2D eigenvalue weighted by atomic mass is 10.3. The van der Waals surface area contributed by atoms with Crippen LogP contribution in [0.25, 0.3) is 0 Å². The molecule has 104 valence electrons. The van der Waals surface area contributed by atoms with Crippen LogP contribution in [0.1, 0.15) is 0 Å². The van der Waals surface area contributed by atoms with E-state index in [1.54, 1.807) is 12.1 Å². The molecule has 1 aromatic rings. The number of carbonyl (C=O) groups is 1. The smallest absolute Gasteiger partial charge is 0.239 e. The molecule has 1 aromatic carbocycles. The summed E-state index contributed by atoms with van der Waals surface area (Å²) in [4.78, 5) is 14.0. The van der Waals surface area contributed by atoms with Gasteiger partial charge in [-0.2, -0.15) is 0 Å². The number of carbonyl (C=O) groups excluding carboxylic acids is 1. The molecular formula is C13H19ClN4O. The van der Waals surface area contributed by atoms with Crippen LogP contribution in [0, 0.1) is 0 Å². The first-order valence-electron chi connectivity index (χ1n) is 6.36. The second kappa shape index (κ2) is 6.86. The van der Waals surface area contributed by atoms with Gasteiger partial charge in [-0.05, 0) is 25.2 Å². The SMILES string of the molecule is CN1CCN(NCC(=O)Nc2cccc(Cl)c2)CC1. The Morgan fingerprint density at radius 3 is 2.74 bits per heavy atom. The lowest BCUT2D eigenvalue weighted by Gasteiger charge is -2.32. The van der Waals surface area contributed by atoms with Crippen LogP contribution in [0.15, 0.2) is 24.3 Å². The molecule has 0 saturated carbocycles. The molecule has 0 aromatic heterocycles. The van der Waals surface area contributed by atoms with E-state index in [0.29, 0.717) is 5.02 Å². The van der Waals surface area contributed by atoms with Gasteiger partial charge < -0.3 is 10.2 Å². The third-order valence-corrected chi connectivity index (χ3v) is 3.31. The van der Waals surface area contributed by atoms with Crippen molar-refractivity contribution >= 4 is 23.2 Å². The summed E-state index contributed by atoms with van der Waals surface area (Å²) in [7, 11) is 2.10. The molecule has 1 heterocycles. The van der Waals surface area contributed by atoms with E-state index in [1.807, 2.05) is 12.1 Å². The van der Waals surface area contributed by atoms with E-state index >= 15 is 0 Å². The number of anilines is 1. The van der Waals surface area contributed by atoms with E-state index in [-0.39, 0.29) is 12.5 Å². The van der Waals surface area contributed by atoms with Gasteiger partial charge in [0.1, 0.15) is 0 Å². The Balaban J connectivity index is 1.73. The molecule has 2 N–H and O–H groups in total. The molecule has 1 aliphatic rings. The lowest BCUT2D eigenvalue weighted by Crippen LogP contribution is -2.52. The average Bonchev–Trinajstić information content (AvgIpc) is 2.38. The van der Waals surface area contributed by atoms with Gasteiger partial charge in [0.2, 0.25) is 5.91 Å². The number of likely N-dealkylation sites (N-methyl/N-ethyl adjacent to an activating group) is 1. The van der Waals surface area contributed by atoms with Gasteiger partial charge in [0, 0.05) is 36.9 Å². The van der Waals surface area contributed by atoms with Crippen molar-refractivity contribution < 1.29 is 4.79 Å². The van der Waals surface area contributed by atoms with Crippen LogP contribution in [0.5, 0.6) is 0 Å². The molecule has 1 amide bonds. The maximum atomic E-state index is 11.8. The minimum Gasteiger partial charge on any atom is -0.325 e. The quantitative estimate of drug-likeness (QED) is 0.866. The van der Waals surface area contributed by atoms with Gasteiger partial charge in [0.25, 0.3) is 0 Å². The van der Waals surface area contributed by atoms with Gasteiger partial charge in [-0.1, -0.05) is 17.7 Å². The van der Waals surface area contributed by atoms with Gasteiger partial charge in [-0.3, -0.25) is 4.79 Å². The zero-order valence-electron chi connectivity index (χ0n) is 11.0. The molecule has 0 spiro atoms. The van der Waals surface area contributed by atoms with Crippen molar-refractivity contribution in [3.63, 3.8) is 0 Å². The summed E-state index contributed by atoms with van der Waals surface area (Å²) in [6.45, 7) is 4.17. The number of hydrogen-bond donors (Lipinski definition) is 2. The second-order valence-electron chi connectivity index (χ2n) is 4.68. The molecule has 0 atom stereocenters. The molecule has 0 aliphatic carbocycles. The summed E-state index contributed by atoms with van der Waals surface area (Å²) >= 11 is 5.86. The maximum absolute atomic E-state index is 11.8. The molecule has 0 unspecified atom stereocenters. The van der Waals surface area contributed by atoms with Crippen LogP contribution >= 0.6 is 11.6 Å². The fourth-order valence-corrected chi connectivity index (χ4v) is 2.11. The summed E-state index contributed by atoms with van der Waals surface area (Å²) in [6.07, 6.45) is 0. The van der Waals surface area contributed by atoms with Crippen LogP contribution in [-0.2, 0) is 4.79 Å². The molecule has 2 rings (SSSR count). The Morgan fingerprint density at radius 2 is 2.05 bits per heavy atom. The number of rotatable bonds is 4. The van der Waals surface area contributed by atoms with Crippen LogP contribution in [0.2, 0.25) is 5.02 Å². The van der Waals surface area contributed by atoms with E-state index in [1.165, 1.54) is 0 Å². The molecule has 0 radical (unpaired) electrons. The molecule has 19 heavy (non-hydrogen) atoms. The first kappa shape index (κ1) is 14.3. The van der Waals surface area contributed by atoms with E-state index in [2.05, 4.69) is 27.7 Å². The van der Waals surface area contributed by atoms with Crippen LogP contribution < -0.4 is 10.7 Å². The van der Waals surface area contributed by atoms with Gasteiger partial charge in [0.05, 0.1) is 6.54 Å². The van der Waals surface area contributed by atoms with Crippen molar-refractivity contribution in [3.8, 4) is 0 Å². The second-order valence-corrected chi connectivity index (χ2v) is 5.12. The predicted octanol–water partition coefficient (Wildman–Crippen LogP) is 1.03. The molecule has 6 heteroatoms. The number of piperazine rings is 1. The van der Waals surface area contributed by atoms with Crippen LogP contribution in [-0.4, -0.2) is 55.6 Å². The summed E-state index contributed by atoms with van der Waals surface area (Å²) in [6, 6.07) is 7.14. The molecular weight excluding hydrogens is 264 g/mol.